The lowest BCUT2D eigenvalue weighted by Gasteiger charge is -2.11. The van der Waals surface area contributed by atoms with Crippen LogP contribution in [0.3, 0.4) is 0 Å². The molecule has 0 aliphatic heterocycles. The van der Waals surface area contributed by atoms with Crippen LogP contribution in [0.4, 0.5) is 10.1 Å². The number of hydrogen-bond donors (Lipinski definition) is 2. The maximum atomic E-state index is 13.0. The Morgan fingerprint density at radius 1 is 1.15 bits per heavy atom. The molecule has 0 aromatic heterocycles. The van der Waals surface area contributed by atoms with Crippen molar-refractivity contribution in [2.24, 2.45) is 0 Å². The first-order valence-corrected chi connectivity index (χ1v) is 6.95. The lowest BCUT2D eigenvalue weighted by molar-refractivity contribution is 0.627. The maximum Gasteiger partial charge on any atom is 0.171 e. The molecule has 0 amide bonds. The summed E-state index contributed by atoms with van der Waals surface area (Å²) in [6.45, 7) is 0.451. The van der Waals surface area contributed by atoms with E-state index in [4.69, 9.17) is 35.4 Å². The fraction of sp³-hybridized carbons (Fsp3) is 0.0714. The third kappa shape index (κ3) is 4.34. The fourth-order valence-electron chi connectivity index (χ4n) is 1.57. The van der Waals surface area contributed by atoms with Crippen LogP contribution in [0.15, 0.2) is 42.5 Å². The van der Waals surface area contributed by atoms with Crippen LogP contribution in [0.25, 0.3) is 0 Å². The van der Waals surface area contributed by atoms with E-state index in [1.165, 1.54) is 6.07 Å². The quantitative estimate of drug-likeness (QED) is 0.804. The van der Waals surface area contributed by atoms with Crippen LogP contribution in [0.5, 0.6) is 0 Å². The first-order chi connectivity index (χ1) is 9.54. The Balaban J connectivity index is 1.90. The normalized spacial score (nSPS) is 10.2. The summed E-state index contributed by atoms with van der Waals surface area (Å²) in [5.41, 5.74) is 1.64. The van der Waals surface area contributed by atoms with Gasteiger partial charge in [0.15, 0.2) is 5.11 Å². The van der Waals surface area contributed by atoms with Gasteiger partial charge in [0.05, 0.1) is 5.02 Å². The van der Waals surface area contributed by atoms with E-state index in [0.717, 1.165) is 11.3 Å². The molecule has 2 rings (SSSR count). The topological polar surface area (TPSA) is 24.1 Å². The number of nitrogens with one attached hydrogen (secondary N) is 2. The standard InChI is InChI=1S/C14H11Cl2FN2S/c15-10-2-1-3-11(7-10)19-14(20)18-8-9-4-5-13(17)12(16)6-9/h1-7H,8H2,(H2,18,19,20). The van der Waals surface area contributed by atoms with E-state index in [-0.39, 0.29) is 5.02 Å². The Morgan fingerprint density at radius 3 is 2.65 bits per heavy atom. The van der Waals surface area contributed by atoms with Crippen molar-refractivity contribution in [1.29, 1.82) is 0 Å². The highest BCUT2D eigenvalue weighted by atomic mass is 35.5. The van der Waals surface area contributed by atoms with Gasteiger partial charge >= 0.3 is 0 Å². The summed E-state index contributed by atoms with van der Waals surface area (Å²) in [5.74, 6) is -0.435. The minimum Gasteiger partial charge on any atom is -0.358 e. The lowest BCUT2D eigenvalue weighted by Crippen LogP contribution is -2.27. The SMILES string of the molecule is Fc1ccc(CNC(=S)Nc2cccc(Cl)c2)cc1Cl. The molecule has 20 heavy (non-hydrogen) atoms. The lowest BCUT2D eigenvalue weighted by atomic mass is 10.2. The molecule has 0 unspecified atom stereocenters. The third-order valence-corrected chi connectivity index (χ3v) is 3.29. The summed E-state index contributed by atoms with van der Waals surface area (Å²) >= 11 is 16.8. The van der Waals surface area contributed by atoms with Crippen molar-refractivity contribution in [2.75, 3.05) is 5.32 Å². The summed E-state index contributed by atoms with van der Waals surface area (Å²) in [6, 6.07) is 11.8. The van der Waals surface area contributed by atoms with Crippen LogP contribution >= 0.6 is 35.4 Å². The van der Waals surface area contributed by atoms with Crippen molar-refractivity contribution in [2.45, 2.75) is 6.54 Å². The van der Waals surface area contributed by atoms with Gasteiger partial charge in [0, 0.05) is 17.3 Å². The summed E-state index contributed by atoms with van der Waals surface area (Å²) in [6.07, 6.45) is 0. The van der Waals surface area contributed by atoms with Crippen LogP contribution in [0.2, 0.25) is 10.0 Å². The van der Waals surface area contributed by atoms with Crippen LogP contribution in [0, 0.1) is 5.82 Å². The van der Waals surface area contributed by atoms with Gasteiger partial charge in [-0.25, -0.2) is 4.39 Å². The van der Waals surface area contributed by atoms with Crippen LogP contribution in [-0.4, -0.2) is 5.11 Å². The summed E-state index contributed by atoms with van der Waals surface area (Å²) in [7, 11) is 0. The Morgan fingerprint density at radius 2 is 1.95 bits per heavy atom. The van der Waals surface area contributed by atoms with Gasteiger partial charge in [-0.2, -0.15) is 0 Å². The molecule has 0 fully saturated rings. The van der Waals surface area contributed by atoms with E-state index in [1.807, 2.05) is 12.1 Å². The van der Waals surface area contributed by atoms with Gasteiger partial charge in [-0.1, -0.05) is 35.3 Å². The highest BCUT2D eigenvalue weighted by Crippen LogP contribution is 2.16. The zero-order valence-electron chi connectivity index (χ0n) is 10.3. The van der Waals surface area contributed by atoms with Gasteiger partial charge in [-0.05, 0) is 48.1 Å². The minimum absolute atomic E-state index is 0.0954. The highest BCUT2D eigenvalue weighted by molar-refractivity contribution is 7.80. The van der Waals surface area contributed by atoms with Crippen LogP contribution < -0.4 is 10.6 Å². The molecular weight excluding hydrogens is 318 g/mol. The molecule has 0 aliphatic rings. The second-order valence-corrected chi connectivity index (χ2v) is 5.32. The number of halogens is 3. The number of rotatable bonds is 3. The molecule has 2 aromatic carbocycles. The average Bonchev–Trinajstić information content (AvgIpc) is 2.40. The zero-order valence-corrected chi connectivity index (χ0v) is 12.6. The van der Waals surface area contributed by atoms with Gasteiger partial charge in [0.2, 0.25) is 0 Å². The fourth-order valence-corrected chi connectivity index (χ4v) is 2.16. The highest BCUT2D eigenvalue weighted by Gasteiger charge is 2.02. The summed E-state index contributed by atoms with van der Waals surface area (Å²) < 4.78 is 13.0. The Bertz CT molecular complexity index is 634. The number of thiocarbonyl (C=S) groups is 1. The Kier molecular flexibility index (Phi) is 5.17. The number of benzene rings is 2. The predicted octanol–water partition coefficient (Wildman–Crippen LogP) is 4.62. The van der Waals surface area contributed by atoms with Crippen LogP contribution in [0.1, 0.15) is 5.56 Å². The van der Waals surface area contributed by atoms with Crippen molar-refractivity contribution < 1.29 is 4.39 Å². The van der Waals surface area contributed by atoms with Crippen molar-refractivity contribution in [3.8, 4) is 0 Å². The second-order valence-electron chi connectivity index (χ2n) is 4.07. The van der Waals surface area contributed by atoms with Gasteiger partial charge in [-0.3, -0.25) is 0 Å². The van der Waals surface area contributed by atoms with Gasteiger partial charge in [-0.15, -0.1) is 0 Å². The van der Waals surface area contributed by atoms with Crippen LogP contribution in [-0.2, 0) is 6.54 Å². The monoisotopic (exact) mass is 328 g/mol. The van der Waals surface area contributed by atoms with E-state index in [1.54, 1.807) is 24.3 Å². The molecule has 0 spiro atoms. The third-order valence-electron chi connectivity index (χ3n) is 2.52. The van der Waals surface area contributed by atoms with E-state index >= 15 is 0 Å². The molecule has 2 N–H and O–H groups in total. The smallest absolute Gasteiger partial charge is 0.171 e. The predicted molar refractivity (Wildman–Crippen MR) is 85.9 cm³/mol. The molecule has 0 atom stereocenters. The van der Waals surface area contributed by atoms with Gasteiger partial charge in [0.25, 0.3) is 0 Å². The molecule has 0 radical (unpaired) electrons. The summed E-state index contributed by atoms with van der Waals surface area (Å²) in [5, 5.41) is 7.19. The maximum absolute atomic E-state index is 13.0. The first kappa shape index (κ1) is 15.0. The molecule has 6 heteroatoms. The molecule has 0 bridgehead atoms. The Hall–Kier alpha value is -1.36. The molecular formula is C14H11Cl2FN2S. The molecule has 0 heterocycles. The van der Waals surface area contributed by atoms with E-state index in [2.05, 4.69) is 10.6 Å². The molecule has 104 valence electrons. The molecule has 0 saturated heterocycles. The number of hydrogen-bond acceptors (Lipinski definition) is 1. The Labute approximate surface area is 131 Å². The molecule has 2 aromatic rings. The van der Waals surface area contributed by atoms with Crippen molar-refractivity contribution in [1.82, 2.24) is 5.32 Å². The van der Waals surface area contributed by atoms with Crippen molar-refractivity contribution >= 4 is 46.2 Å². The van der Waals surface area contributed by atoms with Crippen molar-refractivity contribution in [3.05, 3.63) is 63.9 Å². The molecule has 2 nitrogen and oxygen atoms in total. The zero-order chi connectivity index (χ0) is 14.5. The summed E-state index contributed by atoms with van der Waals surface area (Å²) in [4.78, 5) is 0. The molecule has 0 aliphatic carbocycles. The first-order valence-electron chi connectivity index (χ1n) is 5.79. The van der Waals surface area contributed by atoms with Gasteiger partial charge < -0.3 is 10.6 Å². The van der Waals surface area contributed by atoms with E-state index < -0.39 is 5.82 Å². The van der Waals surface area contributed by atoms with E-state index in [0.29, 0.717) is 16.7 Å². The van der Waals surface area contributed by atoms with E-state index in [9.17, 15) is 4.39 Å². The average molecular weight is 329 g/mol. The minimum atomic E-state index is -0.435. The second kappa shape index (κ2) is 6.88. The van der Waals surface area contributed by atoms with Crippen molar-refractivity contribution in [3.63, 3.8) is 0 Å². The largest absolute Gasteiger partial charge is 0.358 e. The molecule has 0 saturated carbocycles. The number of anilines is 1. The van der Waals surface area contributed by atoms with Gasteiger partial charge in [0.1, 0.15) is 5.82 Å².